The normalized spacial score (nSPS) is 11.0. The molecule has 0 unspecified atom stereocenters. The van der Waals surface area contributed by atoms with Crippen molar-refractivity contribution in [1.29, 1.82) is 0 Å². The van der Waals surface area contributed by atoms with Gasteiger partial charge in [-0.2, -0.15) is 0 Å². The van der Waals surface area contributed by atoms with Crippen molar-refractivity contribution in [2.24, 2.45) is 0 Å². The van der Waals surface area contributed by atoms with Gasteiger partial charge in [0.2, 0.25) is 0 Å². The SMILES string of the molecule is CCn1nnnc1COc1cccc(C(=O)NCc2nc3ccccc3n2Cc2ccccc2)c1. The van der Waals surface area contributed by atoms with Gasteiger partial charge in [-0.05, 0) is 53.2 Å². The standard InChI is InChI=1S/C26H25N7O2/c1-2-33-25(29-30-31-33)18-35-21-12-8-11-20(15-21)26(34)27-16-24-28-22-13-6-7-14-23(22)32(24)17-19-9-4-3-5-10-19/h3-15H,2,16-18H2,1H3,(H,27,34). The summed E-state index contributed by atoms with van der Waals surface area (Å²) in [5, 5.41) is 14.5. The summed E-state index contributed by atoms with van der Waals surface area (Å²) in [6.07, 6.45) is 0. The predicted octanol–water partition coefficient (Wildman–Crippen LogP) is 3.60. The van der Waals surface area contributed by atoms with Gasteiger partial charge in [0.15, 0.2) is 5.82 Å². The molecule has 3 aromatic carbocycles. The molecule has 0 atom stereocenters. The van der Waals surface area contributed by atoms with Gasteiger partial charge in [0.1, 0.15) is 18.2 Å². The number of ether oxygens (including phenoxy) is 1. The highest BCUT2D eigenvalue weighted by molar-refractivity contribution is 5.94. The molecule has 5 rings (SSSR count). The fourth-order valence-electron chi connectivity index (χ4n) is 3.91. The van der Waals surface area contributed by atoms with Crippen molar-refractivity contribution in [2.75, 3.05) is 0 Å². The molecule has 0 saturated carbocycles. The van der Waals surface area contributed by atoms with Crippen molar-refractivity contribution in [3.05, 3.63) is 102 Å². The number of amides is 1. The van der Waals surface area contributed by atoms with Crippen LogP contribution in [-0.2, 0) is 26.2 Å². The number of hydrogen-bond donors (Lipinski definition) is 1. The zero-order valence-corrected chi connectivity index (χ0v) is 19.3. The molecule has 9 heteroatoms. The lowest BCUT2D eigenvalue weighted by Crippen LogP contribution is -2.25. The molecule has 0 aliphatic rings. The van der Waals surface area contributed by atoms with Crippen LogP contribution in [0.5, 0.6) is 5.75 Å². The van der Waals surface area contributed by atoms with E-state index in [9.17, 15) is 4.79 Å². The van der Waals surface area contributed by atoms with Gasteiger partial charge in [0.05, 0.1) is 17.6 Å². The van der Waals surface area contributed by atoms with Gasteiger partial charge in [-0.25, -0.2) is 9.67 Å². The molecule has 5 aromatic rings. The summed E-state index contributed by atoms with van der Waals surface area (Å²) >= 11 is 0. The second kappa shape index (κ2) is 10.2. The smallest absolute Gasteiger partial charge is 0.251 e. The monoisotopic (exact) mass is 467 g/mol. The Morgan fingerprint density at radius 1 is 0.971 bits per heavy atom. The van der Waals surface area contributed by atoms with E-state index in [0.717, 1.165) is 16.9 Å². The molecule has 0 bridgehead atoms. The molecule has 0 aliphatic heterocycles. The van der Waals surface area contributed by atoms with Crippen LogP contribution in [0.4, 0.5) is 0 Å². The minimum Gasteiger partial charge on any atom is -0.486 e. The number of rotatable bonds is 9. The van der Waals surface area contributed by atoms with Gasteiger partial charge in [0.25, 0.3) is 5.91 Å². The number of imidazole rings is 1. The number of nitrogens with zero attached hydrogens (tertiary/aromatic N) is 6. The van der Waals surface area contributed by atoms with E-state index in [4.69, 9.17) is 9.72 Å². The van der Waals surface area contributed by atoms with Crippen molar-refractivity contribution in [3.8, 4) is 5.75 Å². The summed E-state index contributed by atoms with van der Waals surface area (Å²) in [6, 6.07) is 25.3. The van der Waals surface area contributed by atoms with E-state index in [-0.39, 0.29) is 12.5 Å². The van der Waals surface area contributed by atoms with Crippen LogP contribution < -0.4 is 10.1 Å². The van der Waals surface area contributed by atoms with Crippen molar-refractivity contribution in [1.82, 2.24) is 35.1 Å². The molecule has 1 N–H and O–H groups in total. The number of aryl methyl sites for hydroxylation is 1. The number of carbonyl (C=O) groups is 1. The summed E-state index contributed by atoms with van der Waals surface area (Å²) < 4.78 is 9.62. The lowest BCUT2D eigenvalue weighted by molar-refractivity contribution is 0.0949. The second-order valence-electron chi connectivity index (χ2n) is 8.00. The zero-order chi connectivity index (χ0) is 24.0. The highest BCUT2D eigenvalue weighted by Crippen LogP contribution is 2.19. The van der Waals surface area contributed by atoms with E-state index >= 15 is 0 Å². The number of para-hydroxylation sites is 2. The topological polar surface area (TPSA) is 99.8 Å². The largest absolute Gasteiger partial charge is 0.486 e. The van der Waals surface area contributed by atoms with Crippen LogP contribution in [0.1, 0.15) is 34.5 Å². The third-order valence-corrected chi connectivity index (χ3v) is 5.69. The highest BCUT2D eigenvalue weighted by Gasteiger charge is 2.14. The minimum absolute atomic E-state index is 0.202. The Bertz CT molecular complexity index is 1440. The van der Waals surface area contributed by atoms with Gasteiger partial charge in [0, 0.05) is 18.7 Å². The van der Waals surface area contributed by atoms with Gasteiger partial charge in [-0.3, -0.25) is 4.79 Å². The Kier molecular flexibility index (Phi) is 6.47. The van der Waals surface area contributed by atoms with E-state index in [0.29, 0.717) is 36.8 Å². The first-order valence-corrected chi connectivity index (χ1v) is 11.5. The Balaban J connectivity index is 1.29. The maximum Gasteiger partial charge on any atom is 0.251 e. The maximum absolute atomic E-state index is 12.9. The van der Waals surface area contributed by atoms with Crippen LogP contribution in [-0.4, -0.2) is 35.7 Å². The van der Waals surface area contributed by atoms with Crippen molar-refractivity contribution in [2.45, 2.75) is 33.2 Å². The number of nitrogens with one attached hydrogen (secondary N) is 1. The number of tetrazole rings is 1. The average Bonchev–Trinajstić information content (AvgIpc) is 3.51. The van der Waals surface area contributed by atoms with E-state index in [2.05, 4.69) is 37.5 Å². The molecular weight excluding hydrogens is 442 g/mol. The molecular formula is C26H25N7O2. The van der Waals surface area contributed by atoms with Crippen LogP contribution >= 0.6 is 0 Å². The molecule has 0 aliphatic carbocycles. The highest BCUT2D eigenvalue weighted by atomic mass is 16.5. The van der Waals surface area contributed by atoms with Crippen LogP contribution in [0.25, 0.3) is 11.0 Å². The molecule has 0 saturated heterocycles. The summed E-state index contributed by atoms with van der Waals surface area (Å²) in [5.74, 6) is 1.79. The molecule has 176 valence electrons. The fourth-order valence-corrected chi connectivity index (χ4v) is 3.91. The lowest BCUT2D eigenvalue weighted by Gasteiger charge is -2.11. The Hall–Kier alpha value is -4.53. The third kappa shape index (κ3) is 5.03. The number of carbonyl (C=O) groups excluding carboxylic acids is 1. The van der Waals surface area contributed by atoms with E-state index in [1.54, 1.807) is 28.9 Å². The molecule has 2 heterocycles. The molecule has 0 fully saturated rings. The average molecular weight is 468 g/mol. The molecule has 0 spiro atoms. The fraction of sp³-hybridized carbons (Fsp3) is 0.192. The first kappa shape index (κ1) is 22.3. The van der Waals surface area contributed by atoms with Gasteiger partial charge in [-0.15, -0.1) is 5.10 Å². The lowest BCUT2D eigenvalue weighted by atomic mass is 10.2. The zero-order valence-electron chi connectivity index (χ0n) is 19.3. The first-order valence-electron chi connectivity index (χ1n) is 11.5. The molecule has 2 aromatic heterocycles. The minimum atomic E-state index is -0.202. The van der Waals surface area contributed by atoms with Crippen molar-refractivity contribution >= 4 is 16.9 Å². The second-order valence-corrected chi connectivity index (χ2v) is 8.00. The first-order chi connectivity index (χ1) is 17.2. The molecule has 0 radical (unpaired) electrons. The summed E-state index contributed by atoms with van der Waals surface area (Å²) in [7, 11) is 0. The van der Waals surface area contributed by atoms with Gasteiger partial charge >= 0.3 is 0 Å². The third-order valence-electron chi connectivity index (χ3n) is 5.69. The summed E-state index contributed by atoms with van der Waals surface area (Å²) in [6.45, 7) is 3.81. The Morgan fingerprint density at radius 3 is 2.66 bits per heavy atom. The summed E-state index contributed by atoms with van der Waals surface area (Å²) in [4.78, 5) is 17.7. The number of fused-ring (bicyclic) bond motifs is 1. The molecule has 9 nitrogen and oxygen atoms in total. The quantitative estimate of drug-likeness (QED) is 0.356. The van der Waals surface area contributed by atoms with E-state index in [1.165, 1.54) is 5.56 Å². The van der Waals surface area contributed by atoms with E-state index < -0.39 is 0 Å². The van der Waals surface area contributed by atoms with Gasteiger partial charge < -0.3 is 14.6 Å². The van der Waals surface area contributed by atoms with Crippen molar-refractivity contribution < 1.29 is 9.53 Å². The Morgan fingerprint density at radius 2 is 1.80 bits per heavy atom. The molecule has 35 heavy (non-hydrogen) atoms. The Labute approximate surface area is 202 Å². The number of aromatic nitrogens is 6. The maximum atomic E-state index is 12.9. The van der Waals surface area contributed by atoms with Crippen LogP contribution in [0, 0.1) is 0 Å². The number of benzene rings is 3. The summed E-state index contributed by atoms with van der Waals surface area (Å²) in [5.41, 5.74) is 3.61. The van der Waals surface area contributed by atoms with E-state index in [1.807, 2.05) is 49.4 Å². The predicted molar refractivity (Wildman–Crippen MR) is 131 cm³/mol. The van der Waals surface area contributed by atoms with Crippen LogP contribution in [0.3, 0.4) is 0 Å². The van der Waals surface area contributed by atoms with Gasteiger partial charge in [-0.1, -0.05) is 48.5 Å². The molecule has 1 amide bonds. The van der Waals surface area contributed by atoms with Crippen molar-refractivity contribution in [3.63, 3.8) is 0 Å². The number of hydrogen-bond acceptors (Lipinski definition) is 6. The van der Waals surface area contributed by atoms with Crippen LogP contribution in [0.15, 0.2) is 78.9 Å². The van der Waals surface area contributed by atoms with Crippen LogP contribution in [0.2, 0.25) is 0 Å².